The predicted molar refractivity (Wildman–Crippen MR) is 129 cm³/mol. The highest BCUT2D eigenvalue weighted by Gasteiger charge is 2.34. The number of furan rings is 1. The quantitative estimate of drug-likeness (QED) is 0.137. The molecule has 14 heteroatoms. The number of hydrogen-bond donors (Lipinski definition) is 1. The molecule has 0 aliphatic carbocycles. The van der Waals surface area contributed by atoms with Crippen LogP contribution in [0.5, 0.6) is 17.4 Å². The summed E-state index contributed by atoms with van der Waals surface area (Å²) in [5.41, 5.74) is 0.297. The molecule has 1 aliphatic heterocycles. The Morgan fingerprint density at radius 1 is 1.22 bits per heavy atom. The fourth-order valence-electron chi connectivity index (χ4n) is 3.25. The molecule has 1 saturated heterocycles. The van der Waals surface area contributed by atoms with Crippen molar-refractivity contribution < 1.29 is 37.9 Å². The molecule has 1 aliphatic rings. The summed E-state index contributed by atoms with van der Waals surface area (Å²) in [4.78, 5) is 51.9. The molecule has 0 radical (unpaired) electrons. The van der Waals surface area contributed by atoms with Crippen molar-refractivity contribution >= 4 is 45.6 Å². The zero-order valence-electron chi connectivity index (χ0n) is 19.2. The third-order valence-corrected chi connectivity index (χ3v) is 5.74. The van der Waals surface area contributed by atoms with Crippen LogP contribution in [0.4, 0.5) is 10.5 Å². The summed E-state index contributed by atoms with van der Waals surface area (Å²) >= 11 is 3.40. The minimum absolute atomic E-state index is 0.00166. The van der Waals surface area contributed by atoms with Crippen molar-refractivity contribution in [3.63, 3.8) is 0 Å². The first-order valence-corrected chi connectivity index (χ1v) is 11.2. The highest BCUT2D eigenvalue weighted by molar-refractivity contribution is 9.10. The standard InChI is InChI=1S/C23H17BrN4O9/c1-34-18-8-12(15(24)9-19(18)37-20-6-3-13(10-25-20)28(32)33)7-16-21(29)27(23(31)26-16)11-14-4-5-17(36-14)22(30)35-2/h3-10H,11H2,1-2H3,(H,26,31)/b16-7-. The molecule has 0 spiro atoms. The van der Waals surface area contributed by atoms with E-state index in [1.807, 2.05) is 0 Å². The lowest BCUT2D eigenvalue weighted by atomic mass is 10.1. The van der Waals surface area contributed by atoms with E-state index in [9.17, 15) is 24.5 Å². The zero-order chi connectivity index (χ0) is 26.7. The van der Waals surface area contributed by atoms with Gasteiger partial charge in [0.2, 0.25) is 11.6 Å². The van der Waals surface area contributed by atoms with Gasteiger partial charge in [-0.2, -0.15) is 0 Å². The number of carbonyl (C=O) groups excluding carboxylic acids is 3. The van der Waals surface area contributed by atoms with E-state index in [0.29, 0.717) is 10.0 Å². The smallest absolute Gasteiger partial charge is 0.373 e. The third-order valence-electron chi connectivity index (χ3n) is 5.05. The van der Waals surface area contributed by atoms with Gasteiger partial charge in [-0.15, -0.1) is 0 Å². The number of aromatic nitrogens is 1. The number of benzene rings is 1. The van der Waals surface area contributed by atoms with Gasteiger partial charge in [-0.3, -0.25) is 19.8 Å². The molecule has 0 atom stereocenters. The minimum atomic E-state index is -0.681. The number of nitrogens with zero attached hydrogens (tertiary/aromatic N) is 3. The average Bonchev–Trinajstić information content (AvgIpc) is 3.45. The molecule has 0 bridgehead atoms. The lowest BCUT2D eigenvalue weighted by Crippen LogP contribution is -2.30. The zero-order valence-corrected chi connectivity index (χ0v) is 20.8. The van der Waals surface area contributed by atoms with Gasteiger partial charge < -0.3 is 23.9 Å². The van der Waals surface area contributed by atoms with Crippen LogP contribution >= 0.6 is 15.9 Å². The van der Waals surface area contributed by atoms with E-state index in [1.165, 1.54) is 44.6 Å². The summed E-state index contributed by atoms with van der Waals surface area (Å²) in [7, 11) is 2.61. The molecule has 1 N–H and O–H groups in total. The number of rotatable bonds is 8. The third kappa shape index (κ3) is 5.43. The van der Waals surface area contributed by atoms with Crippen LogP contribution in [-0.2, 0) is 16.1 Å². The Morgan fingerprint density at radius 2 is 2.00 bits per heavy atom. The van der Waals surface area contributed by atoms with Gasteiger partial charge in [0, 0.05) is 16.6 Å². The number of methoxy groups -OCH3 is 2. The van der Waals surface area contributed by atoms with Crippen LogP contribution in [0.25, 0.3) is 6.08 Å². The molecule has 190 valence electrons. The van der Waals surface area contributed by atoms with Gasteiger partial charge in [0.25, 0.3) is 11.6 Å². The Hall–Kier alpha value is -4.72. The van der Waals surface area contributed by atoms with Gasteiger partial charge >= 0.3 is 12.0 Å². The number of pyridine rings is 1. The van der Waals surface area contributed by atoms with Gasteiger partial charge in [0.05, 0.1) is 25.7 Å². The number of urea groups is 1. The number of esters is 1. The summed E-state index contributed by atoms with van der Waals surface area (Å²) in [6.45, 7) is -0.196. The lowest BCUT2D eigenvalue weighted by Gasteiger charge is -2.12. The maximum absolute atomic E-state index is 12.9. The van der Waals surface area contributed by atoms with Crippen molar-refractivity contribution in [1.82, 2.24) is 15.2 Å². The van der Waals surface area contributed by atoms with Crippen LogP contribution in [0.15, 0.2) is 57.2 Å². The minimum Gasteiger partial charge on any atom is -0.493 e. The molecular weight excluding hydrogens is 556 g/mol. The molecule has 3 amide bonds. The number of imide groups is 1. The summed E-state index contributed by atoms with van der Waals surface area (Å²) < 4.78 is 21.5. The van der Waals surface area contributed by atoms with Crippen LogP contribution in [-0.4, -0.2) is 46.9 Å². The van der Waals surface area contributed by atoms with Crippen LogP contribution in [0, 0.1) is 10.1 Å². The number of nitrogens with one attached hydrogen (secondary N) is 1. The first-order chi connectivity index (χ1) is 17.7. The van der Waals surface area contributed by atoms with Crippen LogP contribution in [0.3, 0.4) is 0 Å². The predicted octanol–water partition coefficient (Wildman–Crippen LogP) is 4.03. The van der Waals surface area contributed by atoms with Crippen molar-refractivity contribution in [2.45, 2.75) is 6.54 Å². The van der Waals surface area contributed by atoms with Crippen LogP contribution in [0.1, 0.15) is 21.9 Å². The molecule has 3 heterocycles. The molecule has 3 aromatic rings. The highest BCUT2D eigenvalue weighted by Crippen LogP contribution is 2.37. The molecule has 13 nitrogen and oxygen atoms in total. The van der Waals surface area contributed by atoms with Crippen molar-refractivity contribution in [3.8, 4) is 17.4 Å². The Labute approximate surface area is 216 Å². The van der Waals surface area contributed by atoms with Crippen LogP contribution in [0.2, 0.25) is 0 Å². The molecule has 0 unspecified atom stereocenters. The summed E-state index contributed by atoms with van der Waals surface area (Å²) in [6, 6.07) is 7.90. The number of ether oxygens (including phenoxy) is 3. The number of carbonyl (C=O) groups is 3. The fraction of sp³-hybridized carbons (Fsp3) is 0.130. The average molecular weight is 573 g/mol. The highest BCUT2D eigenvalue weighted by atomic mass is 79.9. The van der Waals surface area contributed by atoms with Crippen LogP contribution < -0.4 is 14.8 Å². The van der Waals surface area contributed by atoms with Crippen molar-refractivity contribution in [2.24, 2.45) is 0 Å². The molecule has 1 aromatic carbocycles. The SMILES string of the molecule is COC(=O)c1ccc(CN2C(=O)N/C(=C\c3cc(OC)c(Oc4ccc([N+](=O)[O-])cn4)cc3Br)C2=O)o1. The van der Waals surface area contributed by atoms with E-state index < -0.39 is 22.8 Å². The van der Waals surface area contributed by atoms with Crippen molar-refractivity contribution in [1.29, 1.82) is 0 Å². The van der Waals surface area contributed by atoms with Gasteiger partial charge in [-0.1, -0.05) is 15.9 Å². The van der Waals surface area contributed by atoms with Gasteiger partial charge in [0.1, 0.15) is 17.7 Å². The second kappa shape index (κ2) is 10.5. The molecule has 2 aromatic heterocycles. The molecule has 4 rings (SSSR count). The van der Waals surface area contributed by atoms with E-state index in [2.05, 4.69) is 31.0 Å². The normalized spacial score (nSPS) is 14.0. The Bertz CT molecular complexity index is 1430. The van der Waals surface area contributed by atoms with E-state index in [-0.39, 0.29) is 46.8 Å². The van der Waals surface area contributed by atoms with E-state index in [4.69, 9.17) is 13.9 Å². The number of hydrogen-bond acceptors (Lipinski definition) is 10. The van der Waals surface area contributed by atoms with Gasteiger partial charge in [-0.05, 0) is 35.9 Å². The summed E-state index contributed by atoms with van der Waals surface area (Å²) in [5.74, 6) is -0.502. The number of amides is 3. The second-order valence-corrected chi connectivity index (χ2v) is 8.23. The molecule has 1 fully saturated rings. The van der Waals surface area contributed by atoms with E-state index in [1.54, 1.807) is 12.1 Å². The molecule has 0 saturated carbocycles. The monoisotopic (exact) mass is 572 g/mol. The number of halogens is 1. The Morgan fingerprint density at radius 3 is 2.65 bits per heavy atom. The van der Waals surface area contributed by atoms with Crippen molar-refractivity contribution in [2.75, 3.05) is 14.2 Å². The first-order valence-electron chi connectivity index (χ1n) is 10.4. The maximum atomic E-state index is 12.9. The second-order valence-electron chi connectivity index (χ2n) is 7.38. The van der Waals surface area contributed by atoms with E-state index >= 15 is 0 Å². The van der Waals surface area contributed by atoms with E-state index in [0.717, 1.165) is 11.1 Å². The van der Waals surface area contributed by atoms with Gasteiger partial charge in [-0.25, -0.2) is 14.6 Å². The first kappa shape index (κ1) is 25.4. The lowest BCUT2D eigenvalue weighted by molar-refractivity contribution is -0.385. The Balaban J connectivity index is 1.54. The Kier molecular flexibility index (Phi) is 7.20. The number of nitro groups is 1. The fourth-order valence-corrected chi connectivity index (χ4v) is 3.69. The van der Waals surface area contributed by atoms with Crippen molar-refractivity contribution in [3.05, 3.63) is 80.0 Å². The summed E-state index contributed by atoms with van der Waals surface area (Å²) in [5, 5.41) is 13.3. The van der Waals surface area contributed by atoms with Gasteiger partial charge in [0.15, 0.2) is 11.5 Å². The maximum Gasteiger partial charge on any atom is 0.373 e. The largest absolute Gasteiger partial charge is 0.493 e. The topological polar surface area (TPSA) is 163 Å². The summed E-state index contributed by atoms with van der Waals surface area (Å²) in [6.07, 6.45) is 2.51. The molecule has 37 heavy (non-hydrogen) atoms. The molecular formula is C23H17BrN4O9.